The van der Waals surface area contributed by atoms with Gasteiger partial charge in [-0.2, -0.15) is 5.10 Å². The van der Waals surface area contributed by atoms with Crippen molar-refractivity contribution >= 4 is 11.9 Å². The van der Waals surface area contributed by atoms with E-state index >= 15 is 0 Å². The van der Waals surface area contributed by atoms with Gasteiger partial charge >= 0.3 is 0 Å². The zero-order valence-electron chi connectivity index (χ0n) is 15.2. The zero-order valence-corrected chi connectivity index (χ0v) is 15.2. The summed E-state index contributed by atoms with van der Waals surface area (Å²) in [5, 5.41) is 7.28. The van der Waals surface area contributed by atoms with Crippen LogP contribution in [0, 0.1) is 6.92 Å². The van der Waals surface area contributed by atoms with Gasteiger partial charge in [-0.1, -0.05) is 18.2 Å². The summed E-state index contributed by atoms with van der Waals surface area (Å²) >= 11 is 0. The Balaban J connectivity index is 1.57. The van der Waals surface area contributed by atoms with Crippen molar-refractivity contribution in [1.29, 1.82) is 0 Å². The van der Waals surface area contributed by atoms with Crippen molar-refractivity contribution in [1.82, 2.24) is 25.1 Å². The first kappa shape index (κ1) is 17.6. The van der Waals surface area contributed by atoms with Gasteiger partial charge in [-0.25, -0.2) is 14.6 Å². The molecule has 0 aliphatic carbocycles. The molecule has 0 aliphatic rings. The van der Waals surface area contributed by atoms with E-state index in [4.69, 9.17) is 0 Å². The number of hydrogen-bond donors (Lipinski definition) is 1. The summed E-state index contributed by atoms with van der Waals surface area (Å²) in [7, 11) is 3.73. The lowest BCUT2D eigenvalue weighted by Gasteiger charge is -2.12. The minimum Gasteiger partial charge on any atom is -0.352 e. The molecule has 7 nitrogen and oxygen atoms in total. The standard InChI is InChI=1S/C19H22N6O/c1-14-17(12-21-19(23-14)24(2)3)18(26)20-10-9-15-11-22-25(13-15)16-7-5-4-6-8-16/h4-8,11-13H,9-10H2,1-3H3,(H,20,26). The van der Waals surface area contributed by atoms with Gasteiger partial charge in [-0.15, -0.1) is 0 Å². The number of rotatable bonds is 6. The molecule has 3 aromatic rings. The van der Waals surface area contributed by atoms with E-state index in [1.165, 1.54) is 0 Å². The average Bonchev–Trinajstić information content (AvgIpc) is 3.11. The minimum atomic E-state index is -0.164. The number of carbonyl (C=O) groups is 1. The predicted molar refractivity (Wildman–Crippen MR) is 101 cm³/mol. The van der Waals surface area contributed by atoms with Gasteiger partial charge in [0.15, 0.2) is 0 Å². The van der Waals surface area contributed by atoms with E-state index in [0.717, 1.165) is 11.3 Å². The molecule has 0 unspecified atom stereocenters. The fourth-order valence-corrected chi connectivity index (χ4v) is 2.52. The molecule has 0 atom stereocenters. The Morgan fingerprint density at radius 1 is 1.19 bits per heavy atom. The topological polar surface area (TPSA) is 75.9 Å². The molecule has 1 amide bonds. The van der Waals surface area contributed by atoms with Gasteiger partial charge in [0.25, 0.3) is 5.91 Å². The molecule has 134 valence electrons. The Bertz CT molecular complexity index is 888. The Morgan fingerprint density at radius 2 is 1.96 bits per heavy atom. The molecular weight excluding hydrogens is 328 g/mol. The van der Waals surface area contributed by atoms with Crippen molar-refractivity contribution in [3.8, 4) is 5.69 Å². The highest BCUT2D eigenvalue weighted by atomic mass is 16.1. The molecule has 0 saturated carbocycles. The second kappa shape index (κ2) is 7.77. The van der Waals surface area contributed by atoms with E-state index in [0.29, 0.717) is 30.2 Å². The third kappa shape index (κ3) is 4.05. The molecule has 26 heavy (non-hydrogen) atoms. The largest absolute Gasteiger partial charge is 0.352 e. The monoisotopic (exact) mass is 350 g/mol. The first-order valence-electron chi connectivity index (χ1n) is 8.42. The van der Waals surface area contributed by atoms with Crippen LogP contribution in [-0.2, 0) is 6.42 Å². The van der Waals surface area contributed by atoms with Crippen molar-refractivity contribution in [2.75, 3.05) is 25.5 Å². The molecule has 0 spiro atoms. The highest BCUT2D eigenvalue weighted by molar-refractivity contribution is 5.94. The van der Waals surface area contributed by atoms with Crippen LogP contribution in [0.3, 0.4) is 0 Å². The predicted octanol–water partition coefficient (Wildman–Crippen LogP) is 2.01. The number of aryl methyl sites for hydroxylation is 1. The quantitative estimate of drug-likeness (QED) is 0.736. The number of aromatic nitrogens is 4. The number of nitrogens with zero attached hydrogens (tertiary/aromatic N) is 5. The van der Waals surface area contributed by atoms with Crippen LogP contribution in [0.2, 0.25) is 0 Å². The summed E-state index contributed by atoms with van der Waals surface area (Å²) in [5.74, 6) is 0.427. The number of hydrogen-bond acceptors (Lipinski definition) is 5. The van der Waals surface area contributed by atoms with Crippen LogP contribution in [0.4, 0.5) is 5.95 Å². The lowest BCUT2D eigenvalue weighted by atomic mass is 10.2. The molecule has 3 rings (SSSR count). The van der Waals surface area contributed by atoms with Crippen LogP contribution in [0.5, 0.6) is 0 Å². The number of anilines is 1. The normalized spacial score (nSPS) is 10.6. The average molecular weight is 350 g/mol. The van der Waals surface area contributed by atoms with Gasteiger partial charge in [0.05, 0.1) is 23.1 Å². The van der Waals surface area contributed by atoms with Crippen molar-refractivity contribution in [2.45, 2.75) is 13.3 Å². The maximum Gasteiger partial charge on any atom is 0.254 e. The molecule has 2 heterocycles. The lowest BCUT2D eigenvalue weighted by molar-refractivity contribution is 0.0952. The summed E-state index contributed by atoms with van der Waals surface area (Å²) in [6, 6.07) is 9.92. The van der Waals surface area contributed by atoms with E-state index in [1.807, 2.05) is 68.4 Å². The lowest BCUT2D eigenvalue weighted by Crippen LogP contribution is -2.27. The van der Waals surface area contributed by atoms with Crippen LogP contribution in [-0.4, -0.2) is 46.3 Å². The Kier molecular flexibility index (Phi) is 5.26. The van der Waals surface area contributed by atoms with Crippen molar-refractivity contribution in [2.24, 2.45) is 0 Å². The third-order valence-corrected chi connectivity index (χ3v) is 3.97. The molecule has 1 aromatic carbocycles. The van der Waals surface area contributed by atoms with Crippen molar-refractivity contribution in [3.63, 3.8) is 0 Å². The molecular formula is C19H22N6O. The van der Waals surface area contributed by atoms with Crippen LogP contribution in [0.25, 0.3) is 5.69 Å². The Morgan fingerprint density at radius 3 is 2.65 bits per heavy atom. The minimum absolute atomic E-state index is 0.164. The van der Waals surface area contributed by atoms with Gasteiger partial charge in [-0.3, -0.25) is 4.79 Å². The van der Waals surface area contributed by atoms with Crippen LogP contribution in [0.15, 0.2) is 48.9 Å². The summed E-state index contributed by atoms with van der Waals surface area (Å²) in [6.07, 6.45) is 6.07. The molecule has 2 aromatic heterocycles. The second-order valence-electron chi connectivity index (χ2n) is 6.20. The molecule has 0 radical (unpaired) electrons. The SMILES string of the molecule is Cc1nc(N(C)C)ncc1C(=O)NCCc1cnn(-c2ccccc2)c1. The summed E-state index contributed by atoms with van der Waals surface area (Å²) in [4.78, 5) is 22.7. The van der Waals surface area contributed by atoms with E-state index in [2.05, 4.69) is 20.4 Å². The fourth-order valence-electron chi connectivity index (χ4n) is 2.52. The summed E-state index contributed by atoms with van der Waals surface area (Å²) in [5.41, 5.74) is 3.23. The molecule has 0 saturated heterocycles. The highest BCUT2D eigenvalue weighted by Crippen LogP contribution is 2.10. The number of para-hydroxylation sites is 1. The molecule has 0 bridgehead atoms. The molecule has 0 fully saturated rings. The van der Waals surface area contributed by atoms with Crippen LogP contribution >= 0.6 is 0 Å². The highest BCUT2D eigenvalue weighted by Gasteiger charge is 2.12. The van der Waals surface area contributed by atoms with Gasteiger partial charge in [-0.05, 0) is 31.0 Å². The van der Waals surface area contributed by atoms with E-state index in [9.17, 15) is 4.79 Å². The van der Waals surface area contributed by atoms with Crippen LogP contribution < -0.4 is 10.2 Å². The summed E-state index contributed by atoms with van der Waals surface area (Å²) < 4.78 is 1.83. The number of carbonyl (C=O) groups excluding carboxylic acids is 1. The first-order valence-corrected chi connectivity index (χ1v) is 8.42. The van der Waals surface area contributed by atoms with Crippen LogP contribution in [0.1, 0.15) is 21.6 Å². The zero-order chi connectivity index (χ0) is 18.5. The van der Waals surface area contributed by atoms with Gasteiger partial charge < -0.3 is 10.2 Å². The van der Waals surface area contributed by atoms with Gasteiger partial charge in [0.1, 0.15) is 0 Å². The van der Waals surface area contributed by atoms with Crippen molar-refractivity contribution in [3.05, 3.63) is 65.7 Å². The van der Waals surface area contributed by atoms with Crippen molar-refractivity contribution < 1.29 is 4.79 Å². The smallest absolute Gasteiger partial charge is 0.254 e. The van der Waals surface area contributed by atoms with Gasteiger partial charge in [0, 0.05) is 33.0 Å². The number of amides is 1. The number of nitrogens with one attached hydrogen (secondary N) is 1. The van der Waals surface area contributed by atoms with E-state index in [1.54, 1.807) is 11.1 Å². The number of benzene rings is 1. The Hall–Kier alpha value is -3.22. The van der Waals surface area contributed by atoms with E-state index < -0.39 is 0 Å². The first-order chi connectivity index (χ1) is 12.5. The fraction of sp³-hybridized carbons (Fsp3) is 0.263. The summed E-state index contributed by atoms with van der Waals surface area (Å²) in [6.45, 7) is 2.33. The Labute approximate surface area is 152 Å². The maximum atomic E-state index is 12.3. The molecule has 1 N–H and O–H groups in total. The molecule has 0 aliphatic heterocycles. The second-order valence-corrected chi connectivity index (χ2v) is 6.20. The van der Waals surface area contributed by atoms with E-state index in [-0.39, 0.29) is 5.91 Å². The third-order valence-electron chi connectivity index (χ3n) is 3.97. The van der Waals surface area contributed by atoms with Gasteiger partial charge in [0.2, 0.25) is 5.95 Å². The molecule has 7 heteroatoms. The maximum absolute atomic E-state index is 12.3.